The highest BCUT2D eigenvalue weighted by atomic mass is 79.9. The Morgan fingerprint density at radius 2 is 1.71 bits per heavy atom. The van der Waals surface area contributed by atoms with Gasteiger partial charge in [-0.25, -0.2) is 0 Å². The molecule has 0 atom stereocenters. The van der Waals surface area contributed by atoms with Gasteiger partial charge in [-0.3, -0.25) is 0 Å². The standard InChI is InChI=1S/C12H17BrS/c1-11(2)5-6-12(3,4)10-8(11)7-9(13)14-10/h7H,5-6H2,1-4H3. The van der Waals surface area contributed by atoms with Gasteiger partial charge in [0, 0.05) is 4.88 Å². The summed E-state index contributed by atoms with van der Waals surface area (Å²) in [6.07, 6.45) is 2.61. The summed E-state index contributed by atoms with van der Waals surface area (Å²) in [6, 6.07) is 2.32. The number of rotatable bonds is 0. The molecule has 0 fully saturated rings. The van der Waals surface area contributed by atoms with E-state index in [-0.39, 0.29) is 0 Å². The van der Waals surface area contributed by atoms with Crippen LogP contribution in [0.2, 0.25) is 0 Å². The highest BCUT2D eigenvalue weighted by Crippen LogP contribution is 2.50. The summed E-state index contributed by atoms with van der Waals surface area (Å²) in [6.45, 7) is 9.45. The molecule has 1 aliphatic carbocycles. The van der Waals surface area contributed by atoms with Crippen molar-refractivity contribution in [3.8, 4) is 0 Å². The Labute approximate surface area is 98.9 Å². The van der Waals surface area contributed by atoms with Crippen molar-refractivity contribution in [2.24, 2.45) is 0 Å². The molecule has 0 nitrogen and oxygen atoms in total. The van der Waals surface area contributed by atoms with Crippen molar-refractivity contribution in [2.45, 2.75) is 51.4 Å². The van der Waals surface area contributed by atoms with Crippen LogP contribution in [0.25, 0.3) is 0 Å². The zero-order chi connectivity index (χ0) is 10.6. The predicted molar refractivity (Wildman–Crippen MR) is 67.3 cm³/mol. The first-order chi connectivity index (χ1) is 6.33. The monoisotopic (exact) mass is 272 g/mol. The van der Waals surface area contributed by atoms with Crippen molar-refractivity contribution in [3.05, 3.63) is 20.3 Å². The number of hydrogen-bond acceptors (Lipinski definition) is 1. The Morgan fingerprint density at radius 3 is 2.29 bits per heavy atom. The summed E-state index contributed by atoms with van der Waals surface area (Å²) in [5.74, 6) is 0. The lowest BCUT2D eigenvalue weighted by Crippen LogP contribution is -2.31. The highest BCUT2D eigenvalue weighted by molar-refractivity contribution is 9.11. The topological polar surface area (TPSA) is 0 Å². The zero-order valence-corrected chi connectivity index (χ0v) is 11.7. The normalized spacial score (nSPS) is 23.2. The molecule has 0 saturated heterocycles. The second-order valence-electron chi connectivity index (χ2n) is 5.56. The number of halogens is 1. The second-order valence-corrected chi connectivity index (χ2v) is 7.99. The Kier molecular flexibility index (Phi) is 2.35. The first kappa shape index (κ1) is 10.7. The molecule has 0 aromatic carbocycles. The largest absolute Gasteiger partial charge is 0.132 e. The van der Waals surface area contributed by atoms with E-state index < -0.39 is 0 Å². The number of thiophene rings is 1. The molecule has 0 spiro atoms. The van der Waals surface area contributed by atoms with E-state index in [9.17, 15) is 0 Å². The van der Waals surface area contributed by atoms with Gasteiger partial charge in [0.15, 0.2) is 0 Å². The van der Waals surface area contributed by atoms with E-state index in [0.29, 0.717) is 10.8 Å². The Balaban J connectivity index is 2.60. The Bertz CT molecular complexity index is 327. The molecule has 2 heteroatoms. The summed E-state index contributed by atoms with van der Waals surface area (Å²) in [4.78, 5) is 1.58. The molecule has 0 bridgehead atoms. The van der Waals surface area contributed by atoms with Gasteiger partial charge in [0.05, 0.1) is 3.79 Å². The van der Waals surface area contributed by atoms with Crippen LogP contribution in [0.15, 0.2) is 9.85 Å². The van der Waals surface area contributed by atoms with Gasteiger partial charge < -0.3 is 0 Å². The van der Waals surface area contributed by atoms with Gasteiger partial charge in [-0.2, -0.15) is 0 Å². The SMILES string of the molecule is CC1(C)CCC(C)(C)c2sc(Br)cc21. The van der Waals surface area contributed by atoms with Gasteiger partial charge in [-0.05, 0) is 51.2 Å². The maximum Gasteiger partial charge on any atom is 0.0704 e. The van der Waals surface area contributed by atoms with Crippen LogP contribution in [0.3, 0.4) is 0 Å². The minimum atomic E-state index is 0.368. The maximum atomic E-state index is 3.61. The molecule has 2 rings (SSSR count). The lowest BCUT2D eigenvalue weighted by atomic mass is 9.67. The summed E-state index contributed by atoms with van der Waals surface area (Å²) in [7, 11) is 0. The molecule has 1 aromatic rings. The number of hydrogen-bond donors (Lipinski definition) is 0. The summed E-state index contributed by atoms with van der Waals surface area (Å²) in [5, 5.41) is 0. The molecule has 0 N–H and O–H groups in total. The lowest BCUT2D eigenvalue weighted by molar-refractivity contribution is 0.339. The third-order valence-corrected chi connectivity index (χ3v) is 5.42. The average Bonchev–Trinajstić information content (AvgIpc) is 2.44. The minimum absolute atomic E-state index is 0.368. The maximum absolute atomic E-state index is 3.61. The Morgan fingerprint density at radius 1 is 1.14 bits per heavy atom. The van der Waals surface area contributed by atoms with Crippen LogP contribution < -0.4 is 0 Å². The van der Waals surface area contributed by atoms with Gasteiger partial charge in [0.1, 0.15) is 0 Å². The second kappa shape index (κ2) is 3.08. The van der Waals surface area contributed by atoms with Crippen LogP contribution in [-0.4, -0.2) is 0 Å². The molecule has 0 radical (unpaired) electrons. The quantitative estimate of drug-likeness (QED) is 0.633. The average molecular weight is 273 g/mol. The van der Waals surface area contributed by atoms with Crippen LogP contribution in [0, 0.1) is 0 Å². The molecule has 0 unspecified atom stereocenters. The van der Waals surface area contributed by atoms with Crippen molar-refractivity contribution in [3.63, 3.8) is 0 Å². The molecular formula is C12H17BrS. The van der Waals surface area contributed by atoms with Gasteiger partial charge in [-0.15, -0.1) is 11.3 Å². The molecule has 1 aromatic heterocycles. The predicted octanol–water partition coefficient (Wildman–Crippen LogP) is 4.86. The summed E-state index contributed by atoms with van der Waals surface area (Å²) < 4.78 is 1.28. The van der Waals surface area contributed by atoms with E-state index in [0.717, 1.165) is 0 Å². The van der Waals surface area contributed by atoms with E-state index in [4.69, 9.17) is 0 Å². The first-order valence-corrected chi connectivity index (χ1v) is 6.74. The third-order valence-electron chi connectivity index (χ3n) is 3.42. The molecular weight excluding hydrogens is 256 g/mol. The first-order valence-electron chi connectivity index (χ1n) is 5.13. The van der Waals surface area contributed by atoms with Crippen molar-refractivity contribution >= 4 is 27.3 Å². The van der Waals surface area contributed by atoms with Gasteiger partial charge in [0.2, 0.25) is 0 Å². The molecule has 14 heavy (non-hydrogen) atoms. The van der Waals surface area contributed by atoms with Gasteiger partial charge >= 0.3 is 0 Å². The van der Waals surface area contributed by atoms with Crippen LogP contribution in [0.4, 0.5) is 0 Å². The number of fused-ring (bicyclic) bond motifs is 1. The van der Waals surface area contributed by atoms with E-state index in [1.807, 2.05) is 11.3 Å². The third kappa shape index (κ3) is 1.57. The van der Waals surface area contributed by atoms with E-state index in [1.165, 1.54) is 16.6 Å². The zero-order valence-electron chi connectivity index (χ0n) is 9.28. The Hall–Kier alpha value is 0.180. The lowest BCUT2D eigenvalue weighted by Gasteiger charge is -2.39. The van der Waals surface area contributed by atoms with E-state index in [2.05, 4.69) is 49.7 Å². The molecule has 1 heterocycles. The van der Waals surface area contributed by atoms with Crippen LogP contribution in [-0.2, 0) is 10.8 Å². The molecule has 1 aliphatic rings. The fraction of sp³-hybridized carbons (Fsp3) is 0.667. The van der Waals surface area contributed by atoms with Crippen molar-refractivity contribution < 1.29 is 0 Å². The smallest absolute Gasteiger partial charge is 0.0704 e. The van der Waals surface area contributed by atoms with Gasteiger partial charge in [-0.1, -0.05) is 27.7 Å². The van der Waals surface area contributed by atoms with Crippen molar-refractivity contribution in [1.29, 1.82) is 0 Å². The van der Waals surface area contributed by atoms with Crippen LogP contribution in [0.1, 0.15) is 51.0 Å². The minimum Gasteiger partial charge on any atom is -0.132 e. The molecule has 78 valence electrons. The molecule has 0 saturated carbocycles. The van der Waals surface area contributed by atoms with E-state index in [1.54, 1.807) is 10.4 Å². The van der Waals surface area contributed by atoms with Crippen LogP contribution >= 0.6 is 27.3 Å². The fourth-order valence-corrected chi connectivity index (χ4v) is 4.15. The van der Waals surface area contributed by atoms with Crippen LogP contribution in [0.5, 0.6) is 0 Å². The summed E-state index contributed by atoms with van der Waals surface area (Å²) >= 11 is 5.53. The summed E-state index contributed by atoms with van der Waals surface area (Å²) in [5.41, 5.74) is 2.31. The molecule has 0 amide bonds. The molecule has 0 aliphatic heterocycles. The van der Waals surface area contributed by atoms with Gasteiger partial charge in [0.25, 0.3) is 0 Å². The highest BCUT2D eigenvalue weighted by Gasteiger charge is 2.38. The van der Waals surface area contributed by atoms with Crippen molar-refractivity contribution in [1.82, 2.24) is 0 Å². The van der Waals surface area contributed by atoms with Crippen molar-refractivity contribution in [2.75, 3.05) is 0 Å². The fourth-order valence-electron chi connectivity index (χ4n) is 2.24. The van der Waals surface area contributed by atoms with E-state index >= 15 is 0 Å².